The van der Waals surface area contributed by atoms with E-state index in [2.05, 4.69) is 10.1 Å². The molecule has 0 saturated heterocycles. The van der Waals surface area contributed by atoms with Gasteiger partial charge in [0.1, 0.15) is 17.4 Å². The summed E-state index contributed by atoms with van der Waals surface area (Å²) in [5, 5.41) is 4.29. The molecule has 0 aliphatic carbocycles. The van der Waals surface area contributed by atoms with E-state index in [-0.39, 0.29) is 11.7 Å². The molecule has 25 heavy (non-hydrogen) atoms. The summed E-state index contributed by atoms with van der Waals surface area (Å²) < 4.78 is 22.3. The van der Waals surface area contributed by atoms with Crippen LogP contribution in [0.2, 0.25) is 0 Å². The monoisotopic (exact) mass is 343 g/mol. The number of benzene rings is 1. The van der Waals surface area contributed by atoms with Crippen molar-refractivity contribution in [2.45, 2.75) is 19.4 Å². The van der Waals surface area contributed by atoms with Gasteiger partial charge in [0.15, 0.2) is 0 Å². The van der Waals surface area contributed by atoms with Crippen molar-refractivity contribution >= 4 is 5.91 Å². The molecule has 0 fully saturated rings. The Morgan fingerprint density at radius 2 is 2.24 bits per heavy atom. The van der Waals surface area contributed by atoms with Crippen molar-refractivity contribution in [1.29, 1.82) is 0 Å². The zero-order valence-corrected chi connectivity index (χ0v) is 13.7. The highest BCUT2D eigenvalue weighted by Gasteiger charge is 2.14. The third-order valence-corrected chi connectivity index (χ3v) is 3.75. The van der Waals surface area contributed by atoms with Crippen molar-refractivity contribution in [3.63, 3.8) is 0 Å². The van der Waals surface area contributed by atoms with E-state index in [4.69, 9.17) is 10.5 Å². The third kappa shape index (κ3) is 3.68. The van der Waals surface area contributed by atoms with Crippen molar-refractivity contribution in [2.24, 2.45) is 5.73 Å². The van der Waals surface area contributed by atoms with Crippen LogP contribution in [0, 0.1) is 5.82 Å². The van der Waals surface area contributed by atoms with Gasteiger partial charge in [-0.1, -0.05) is 0 Å². The number of rotatable bonds is 7. The van der Waals surface area contributed by atoms with Crippen molar-refractivity contribution in [2.75, 3.05) is 7.11 Å². The number of hydrogen-bond donors (Lipinski definition) is 1. The second-order valence-corrected chi connectivity index (χ2v) is 5.50. The quantitative estimate of drug-likeness (QED) is 0.712. The molecule has 2 N–H and O–H groups in total. The Labute approximate surface area is 143 Å². The van der Waals surface area contributed by atoms with Crippen LogP contribution in [-0.2, 0) is 11.3 Å². The van der Waals surface area contributed by atoms with Gasteiger partial charge < -0.3 is 10.5 Å². The summed E-state index contributed by atoms with van der Waals surface area (Å²) in [4.78, 5) is 15.2. The molecule has 3 rings (SSSR count). The lowest BCUT2D eigenvalue weighted by atomic mass is 10.2. The average molecular weight is 343 g/mol. The summed E-state index contributed by atoms with van der Waals surface area (Å²) in [6.45, 7) is 0.590. The molecule has 0 unspecified atom stereocenters. The molecule has 8 heteroatoms. The summed E-state index contributed by atoms with van der Waals surface area (Å²) in [7, 11) is 1.49. The number of aromatic nitrogens is 4. The van der Waals surface area contributed by atoms with Crippen molar-refractivity contribution in [3.8, 4) is 22.8 Å². The van der Waals surface area contributed by atoms with Gasteiger partial charge in [0.2, 0.25) is 5.91 Å². The Hall–Kier alpha value is -3.16. The Morgan fingerprint density at radius 1 is 1.40 bits per heavy atom. The molecule has 0 bridgehead atoms. The number of primary amides is 1. The number of amides is 1. The lowest BCUT2D eigenvalue weighted by molar-refractivity contribution is -0.118. The van der Waals surface area contributed by atoms with Gasteiger partial charge in [-0.3, -0.25) is 14.0 Å². The van der Waals surface area contributed by atoms with E-state index in [9.17, 15) is 9.18 Å². The van der Waals surface area contributed by atoms with Crippen LogP contribution in [0.5, 0.6) is 5.75 Å². The van der Waals surface area contributed by atoms with Crippen molar-refractivity contribution in [1.82, 2.24) is 19.3 Å². The summed E-state index contributed by atoms with van der Waals surface area (Å²) >= 11 is 0. The molecule has 130 valence electrons. The van der Waals surface area contributed by atoms with Gasteiger partial charge in [-0.15, -0.1) is 0 Å². The Bertz CT molecular complexity index is 887. The highest BCUT2D eigenvalue weighted by molar-refractivity contribution is 5.73. The van der Waals surface area contributed by atoms with Crippen LogP contribution in [0.4, 0.5) is 4.39 Å². The van der Waals surface area contributed by atoms with Crippen LogP contribution in [0.1, 0.15) is 12.8 Å². The predicted octanol–water partition coefficient (Wildman–Crippen LogP) is 2.15. The van der Waals surface area contributed by atoms with E-state index in [0.717, 1.165) is 5.69 Å². The Morgan fingerprint density at radius 3 is 3.00 bits per heavy atom. The van der Waals surface area contributed by atoms with E-state index in [1.165, 1.54) is 19.2 Å². The molecular weight excluding hydrogens is 325 g/mol. The first-order chi connectivity index (χ1) is 12.1. The molecule has 0 radical (unpaired) electrons. The van der Waals surface area contributed by atoms with Crippen LogP contribution in [0.3, 0.4) is 0 Å². The molecule has 2 heterocycles. The molecule has 7 nitrogen and oxygen atoms in total. The molecule has 3 aromatic rings. The fourth-order valence-electron chi connectivity index (χ4n) is 2.58. The van der Waals surface area contributed by atoms with E-state index >= 15 is 0 Å². The molecule has 1 aromatic carbocycles. The number of carbonyl (C=O) groups is 1. The lowest BCUT2D eigenvalue weighted by Crippen LogP contribution is -2.11. The van der Waals surface area contributed by atoms with Crippen molar-refractivity contribution < 1.29 is 13.9 Å². The minimum atomic E-state index is -0.374. The molecule has 0 saturated carbocycles. The number of hydrogen-bond acceptors (Lipinski definition) is 4. The first-order valence-electron chi connectivity index (χ1n) is 7.77. The SMILES string of the molecule is COc1cc(F)ccc1-c1nccn1-c1cnn(CCCC(N)=O)c1. The second kappa shape index (κ2) is 7.16. The van der Waals surface area contributed by atoms with Crippen LogP contribution in [0.25, 0.3) is 17.1 Å². The first-order valence-corrected chi connectivity index (χ1v) is 7.77. The van der Waals surface area contributed by atoms with Gasteiger partial charge in [0, 0.05) is 37.6 Å². The third-order valence-electron chi connectivity index (χ3n) is 3.75. The summed E-state index contributed by atoms with van der Waals surface area (Å²) in [6.07, 6.45) is 7.94. The number of methoxy groups -OCH3 is 1. The van der Waals surface area contributed by atoms with Gasteiger partial charge in [0.05, 0.1) is 24.6 Å². The Kier molecular flexibility index (Phi) is 4.78. The standard InChI is InChI=1S/C17H18FN5O2/c1-25-15-9-12(18)4-5-14(15)17-20-6-8-23(17)13-10-21-22(11-13)7-2-3-16(19)24/h4-6,8-11H,2-3,7H2,1H3,(H2,19,24). The maximum Gasteiger partial charge on any atom is 0.217 e. The highest BCUT2D eigenvalue weighted by atomic mass is 19.1. The summed E-state index contributed by atoms with van der Waals surface area (Å²) in [5.41, 5.74) is 6.62. The second-order valence-electron chi connectivity index (χ2n) is 5.50. The minimum absolute atomic E-state index is 0.318. The Balaban J connectivity index is 1.88. The van der Waals surface area contributed by atoms with Crippen LogP contribution in [-0.4, -0.2) is 32.3 Å². The minimum Gasteiger partial charge on any atom is -0.496 e. The van der Waals surface area contributed by atoms with Crippen molar-refractivity contribution in [3.05, 3.63) is 48.8 Å². The number of nitrogens with zero attached hydrogens (tertiary/aromatic N) is 4. The summed E-state index contributed by atoms with van der Waals surface area (Å²) in [6, 6.07) is 4.32. The molecule has 0 atom stereocenters. The number of carbonyl (C=O) groups excluding carboxylic acids is 1. The van der Waals surface area contributed by atoms with E-state index in [0.29, 0.717) is 36.5 Å². The van der Waals surface area contributed by atoms with Gasteiger partial charge >= 0.3 is 0 Å². The van der Waals surface area contributed by atoms with Gasteiger partial charge in [-0.25, -0.2) is 9.37 Å². The average Bonchev–Trinajstić information content (AvgIpc) is 3.23. The van der Waals surface area contributed by atoms with E-state index < -0.39 is 0 Å². The van der Waals surface area contributed by atoms with Crippen LogP contribution in [0.15, 0.2) is 43.0 Å². The molecule has 0 spiro atoms. The van der Waals surface area contributed by atoms with Gasteiger partial charge in [-0.2, -0.15) is 5.10 Å². The van der Waals surface area contributed by atoms with E-state index in [1.54, 1.807) is 29.3 Å². The topological polar surface area (TPSA) is 88.0 Å². The summed E-state index contributed by atoms with van der Waals surface area (Å²) in [5.74, 6) is 0.323. The number of halogens is 1. The first kappa shape index (κ1) is 16.7. The number of nitrogens with two attached hydrogens (primary N) is 1. The fraction of sp³-hybridized carbons (Fsp3) is 0.235. The zero-order valence-electron chi connectivity index (χ0n) is 13.7. The molecule has 1 amide bonds. The van der Waals surface area contributed by atoms with Crippen LogP contribution < -0.4 is 10.5 Å². The molecular formula is C17H18FN5O2. The predicted molar refractivity (Wildman–Crippen MR) is 89.7 cm³/mol. The number of imidazole rings is 1. The van der Waals surface area contributed by atoms with Crippen LogP contribution >= 0.6 is 0 Å². The van der Waals surface area contributed by atoms with Gasteiger partial charge in [0.25, 0.3) is 0 Å². The fourth-order valence-corrected chi connectivity index (χ4v) is 2.58. The maximum absolute atomic E-state index is 13.4. The highest BCUT2D eigenvalue weighted by Crippen LogP contribution is 2.30. The smallest absolute Gasteiger partial charge is 0.217 e. The maximum atomic E-state index is 13.4. The molecule has 0 aliphatic heterocycles. The van der Waals surface area contributed by atoms with E-state index in [1.807, 2.05) is 10.8 Å². The number of aryl methyl sites for hydroxylation is 1. The molecule has 0 aliphatic rings. The zero-order chi connectivity index (χ0) is 17.8. The van der Waals surface area contributed by atoms with Gasteiger partial charge in [-0.05, 0) is 18.6 Å². The number of ether oxygens (including phenoxy) is 1. The largest absolute Gasteiger partial charge is 0.496 e. The molecule has 2 aromatic heterocycles. The normalized spacial score (nSPS) is 10.8. The lowest BCUT2D eigenvalue weighted by Gasteiger charge is -2.10.